The number of H-pyrrole nitrogens is 1. The summed E-state index contributed by atoms with van der Waals surface area (Å²) in [6.45, 7) is 2.03. The van der Waals surface area contributed by atoms with Crippen LogP contribution in [0, 0.1) is 0 Å². The molecule has 4 heteroatoms. The summed E-state index contributed by atoms with van der Waals surface area (Å²) in [4.78, 5) is 4.33. The number of nitrogens with one attached hydrogen (secondary N) is 1. The van der Waals surface area contributed by atoms with Gasteiger partial charge in [0.2, 0.25) is 5.82 Å². The van der Waals surface area contributed by atoms with Gasteiger partial charge in [-0.2, -0.15) is 5.10 Å². The molecule has 0 spiro atoms. The number of rotatable bonds is 2. The number of hydrogen-bond acceptors (Lipinski definition) is 3. The van der Waals surface area contributed by atoms with Gasteiger partial charge >= 0.3 is 0 Å². The first-order valence-electron chi connectivity index (χ1n) is 5.27. The second-order valence-corrected chi connectivity index (χ2v) is 3.61. The zero-order chi connectivity index (χ0) is 11.0. The number of benzene rings is 1. The standard InChI is InChI=1S/C12H11N3O/c1-2-11-13-12(15-14-11)10-7-8-5-3-4-6-9(8)16-10/h3-7H,2H2,1H3,(H,13,14,15). The molecule has 0 atom stereocenters. The van der Waals surface area contributed by atoms with Crippen LogP contribution in [-0.4, -0.2) is 15.2 Å². The summed E-state index contributed by atoms with van der Waals surface area (Å²) in [5.74, 6) is 2.20. The van der Waals surface area contributed by atoms with Crippen LogP contribution in [0.5, 0.6) is 0 Å². The lowest BCUT2D eigenvalue weighted by molar-refractivity contribution is 0.625. The Labute approximate surface area is 92.3 Å². The van der Waals surface area contributed by atoms with Crippen molar-refractivity contribution in [1.82, 2.24) is 15.2 Å². The first-order valence-corrected chi connectivity index (χ1v) is 5.27. The molecule has 3 rings (SSSR count). The van der Waals surface area contributed by atoms with Crippen LogP contribution in [0.1, 0.15) is 12.7 Å². The van der Waals surface area contributed by atoms with Gasteiger partial charge in [-0.15, -0.1) is 0 Å². The maximum Gasteiger partial charge on any atom is 0.216 e. The van der Waals surface area contributed by atoms with Crippen molar-refractivity contribution in [3.05, 3.63) is 36.2 Å². The Morgan fingerprint density at radius 1 is 1.31 bits per heavy atom. The van der Waals surface area contributed by atoms with Crippen molar-refractivity contribution in [2.45, 2.75) is 13.3 Å². The third-order valence-electron chi connectivity index (χ3n) is 2.51. The van der Waals surface area contributed by atoms with Gasteiger partial charge in [0.05, 0.1) is 0 Å². The molecule has 0 aliphatic heterocycles. The molecule has 3 aromatic rings. The molecule has 0 aliphatic carbocycles. The van der Waals surface area contributed by atoms with E-state index in [2.05, 4.69) is 15.2 Å². The largest absolute Gasteiger partial charge is 0.453 e. The van der Waals surface area contributed by atoms with Gasteiger partial charge in [-0.1, -0.05) is 25.1 Å². The highest BCUT2D eigenvalue weighted by Crippen LogP contribution is 2.25. The Bertz CT molecular complexity index is 591. The first kappa shape index (κ1) is 9.15. The summed E-state index contributed by atoms with van der Waals surface area (Å²) < 4.78 is 5.67. The molecule has 0 saturated heterocycles. The minimum absolute atomic E-state index is 0.619. The van der Waals surface area contributed by atoms with E-state index in [0.29, 0.717) is 11.6 Å². The molecule has 0 unspecified atom stereocenters. The van der Waals surface area contributed by atoms with Crippen molar-refractivity contribution in [1.29, 1.82) is 0 Å². The van der Waals surface area contributed by atoms with E-state index in [9.17, 15) is 0 Å². The van der Waals surface area contributed by atoms with Crippen LogP contribution in [0.25, 0.3) is 22.6 Å². The van der Waals surface area contributed by atoms with Crippen LogP contribution >= 0.6 is 0 Å². The van der Waals surface area contributed by atoms with Gasteiger partial charge < -0.3 is 4.42 Å². The van der Waals surface area contributed by atoms with Crippen molar-refractivity contribution in [2.75, 3.05) is 0 Å². The van der Waals surface area contributed by atoms with E-state index >= 15 is 0 Å². The number of aromatic nitrogens is 3. The number of nitrogens with zero attached hydrogens (tertiary/aromatic N) is 2. The summed E-state index contributed by atoms with van der Waals surface area (Å²) in [7, 11) is 0. The second-order valence-electron chi connectivity index (χ2n) is 3.61. The Morgan fingerprint density at radius 2 is 2.19 bits per heavy atom. The monoisotopic (exact) mass is 213 g/mol. The minimum Gasteiger partial charge on any atom is -0.453 e. The van der Waals surface area contributed by atoms with E-state index in [-0.39, 0.29) is 0 Å². The van der Waals surface area contributed by atoms with E-state index in [1.807, 2.05) is 37.3 Å². The van der Waals surface area contributed by atoms with Crippen LogP contribution in [0.2, 0.25) is 0 Å². The van der Waals surface area contributed by atoms with E-state index < -0.39 is 0 Å². The van der Waals surface area contributed by atoms with Crippen LogP contribution in [0.3, 0.4) is 0 Å². The Morgan fingerprint density at radius 3 is 2.94 bits per heavy atom. The molecule has 0 aliphatic rings. The number of hydrogen-bond donors (Lipinski definition) is 1. The molecule has 4 nitrogen and oxygen atoms in total. The maximum absolute atomic E-state index is 5.67. The number of aryl methyl sites for hydroxylation is 1. The van der Waals surface area contributed by atoms with Crippen LogP contribution < -0.4 is 0 Å². The van der Waals surface area contributed by atoms with Gasteiger partial charge in [-0.25, -0.2) is 4.98 Å². The average Bonchev–Trinajstić information content (AvgIpc) is 2.95. The normalized spacial score (nSPS) is 11.1. The number of fused-ring (bicyclic) bond motifs is 1. The summed E-state index contributed by atoms with van der Waals surface area (Å²) in [6, 6.07) is 9.84. The Balaban J connectivity index is 2.11. The van der Waals surface area contributed by atoms with E-state index in [4.69, 9.17) is 4.42 Å². The molecule has 1 aromatic carbocycles. The molecular formula is C12H11N3O. The van der Waals surface area contributed by atoms with E-state index in [1.54, 1.807) is 0 Å². The highest BCUT2D eigenvalue weighted by molar-refractivity contribution is 5.81. The lowest BCUT2D eigenvalue weighted by Gasteiger charge is -1.85. The molecule has 0 fully saturated rings. The van der Waals surface area contributed by atoms with Gasteiger partial charge in [0.1, 0.15) is 11.4 Å². The zero-order valence-corrected chi connectivity index (χ0v) is 8.90. The van der Waals surface area contributed by atoms with Crippen molar-refractivity contribution < 1.29 is 4.42 Å². The van der Waals surface area contributed by atoms with Crippen LogP contribution in [-0.2, 0) is 6.42 Å². The predicted octanol–water partition coefficient (Wildman–Crippen LogP) is 2.78. The topological polar surface area (TPSA) is 54.7 Å². The highest BCUT2D eigenvalue weighted by atomic mass is 16.3. The predicted molar refractivity (Wildman–Crippen MR) is 61.0 cm³/mol. The Hall–Kier alpha value is -2.10. The smallest absolute Gasteiger partial charge is 0.216 e. The lowest BCUT2D eigenvalue weighted by Crippen LogP contribution is -1.81. The van der Waals surface area contributed by atoms with E-state index in [0.717, 1.165) is 23.2 Å². The molecule has 2 aromatic heterocycles. The summed E-state index contributed by atoms with van der Waals surface area (Å²) >= 11 is 0. The van der Waals surface area contributed by atoms with Crippen molar-refractivity contribution >= 4 is 11.0 Å². The van der Waals surface area contributed by atoms with E-state index in [1.165, 1.54) is 0 Å². The number of para-hydroxylation sites is 1. The fraction of sp³-hybridized carbons (Fsp3) is 0.167. The van der Waals surface area contributed by atoms with Gasteiger partial charge in [0.25, 0.3) is 0 Å². The quantitative estimate of drug-likeness (QED) is 0.712. The molecule has 0 amide bonds. The second kappa shape index (κ2) is 3.48. The van der Waals surface area contributed by atoms with Crippen LogP contribution in [0.4, 0.5) is 0 Å². The zero-order valence-electron chi connectivity index (χ0n) is 8.90. The third-order valence-corrected chi connectivity index (χ3v) is 2.51. The molecule has 2 heterocycles. The molecule has 80 valence electrons. The third kappa shape index (κ3) is 1.39. The average molecular weight is 213 g/mol. The maximum atomic E-state index is 5.67. The molecule has 0 saturated carbocycles. The summed E-state index contributed by atoms with van der Waals surface area (Å²) in [5, 5.41) is 8.07. The van der Waals surface area contributed by atoms with Gasteiger partial charge in [0, 0.05) is 11.8 Å². The van der Waals surface area contributed by atoms with Crippen molar-refractivity contribution in [3.8, 4) is 11.6 Å². The summed E-state index contributed by atoms with van der Waals surface area (Å²) in [5.41, 5.74) is 0.861. The molecule has 0 radical (unpaired) electrons. The van der Waals surface area contributed by atoms with Crippen LogP contribution in [0.15, 0.2) is 34.7 Å². The summed E-state index contributed by atoms with van der Waals surface area (Å²) in [6.07, 6.45) is 0.841. The number of furan rings is 1. The molecule has 16 heavy (non-hydrogen) atoms. The van der Waals surface area contributed by atoms with Crippen molar-refractivity contribution in [3.63, 3.8) is 0 Å². The molecule has 1 N–H and O–H groups in total. The van der Waals surface area contributed by atoms with Gasteiger partial charge in [0.15, 0.2) is 5.76 Å². The SMILES string of the molecule is CCc1nc(-c2cc3ccccc3o2)n[nH]1. The highest BCUT2D eigenvalue weighted by Gasteiger charge is 2.10. The van der Waals surface area contributed by atoms with Gasteiger partial charge in [-0.05, 0) is 12.1 Å². The molecule has 0 bridgehead atoms. The Kier molecular flexibility index (Phi) is 1.99. The molecular weight excluding hydrogens is 202 g/mol. The fourth-order valence-corrected chi connectivity index (χ4v) is 1.66. The first-order chi connectivity index (χ1) is 7.86. The lowest BCUT2D eigenvalue weighted by atomic mass is 10.2. The fourth-order valence-electron chi connectivity index (χ4n) is 1.66. The number of aromatic amines is 1. The minimum atomic E-state index is 0.619. The van der Waals surface area contributed by atoms with Gasteiger partial charge in [-0.3, -0.25) is 5.10 Å². The van der Waals surface area contributed by atoms with Crippen molar-refractivity contribution in [2.24, 2.45) is 0 Å².